The van der Waals surface area contributed by atoms with Crippen LogP contribution in [-0.2, 0) is 6.42 Å². The van der Waals surface area contributed by atoms with E-state index in [1.165, 1.54) is 21.9 Å². The third-order valence-corrected chi connectivity index (χ3v) is 4.32. The van der Waals surface area contributed by atoms with Crippen LogP contribution in [0.2, 0.25) is 0 Å². The molecule has 0 aromatic carbocycles. The summed E-state index contributed by atoms with van der Waals surface area (Å²) >= 11 is 1.38. The van der Waals surface area contributed by atoms with Gasteiger partial charge in [-0.1, -0.05) is 20.8 Å². The molecule has 0 radical (unpaired) electrons. The lowest BCUT2D eigenvalue weighted by molar-refractivity contribution is 0.0906. The van der Waals surface area contributed by atoms with Gasteiger partial charge in [-0.15, -0.1) is 11.3 Å². The lowest BCUT2D eigenvalue weighted by atomic mass is 10.0. The minimum atomic E-state index is -0.486. The van der Waals surface area contributed by atoms with Gasteiger partial charge in [0.1, 0.15) is 5.56 Å². The minimum Gasteiger partial charge on any atom is -0.394 e. The zero-order valence-electron chi connectivity index (χ0n) is 13.0. The summed E-state index contributed by atoms with van der Waals surface area (Å²) in [5.41, 5.74) is 0.489. The number of aryl methyl sites for hydroxylation is 1. The highest BCUT2D eigenvalue weighted by molar-refractivity contribution is 7.15. The van der Waals surface area contributed by atoms with Crippen LogP contribution in [0.1, 0.15) is 43.2 Å². The van der Waals surface area contributed by atoms with E-state index in [1.54, 1.807) is 0 Å². The van der Waals surface area contributed by atoms with Crippen LogP contribution in [0.15, 0.2) is 16.4 Å². The maximum atomic E-state index is 12.5. The normalized spacial score (nSPS) is 12.8. The Labute approximate surface area is 132 Å². The van der Waals surface area contributed by atoms with E-state index in [1.807, 2.05) is 26.2 Å². The number of nitrogens with one attached hydrogen (secondary N) is 1. The summed E-state index contributed by atoms with van der Waals surface area (Å²) in [4.78, 5) is 29.6. The molecule has 1 amide bonds. The number of carbonyl (C=O) groups excluding carboxylic acids is 1. The molecular weight excluding hydrogens is 302 g/mol. The van der Waals surface area contributed by atoms with Gasteiger partial charge in [0.2, 0.25) is 0 Å². The largest absolute Gasteiger partial charge is 0.394 e. The molecule has 0 spiro atoms. The monoisotopic (exact) mass is 323 g/mol. The first-order valence-electron chi connectivity index (χ1n) is 7.37. The molecule has 6 nitrogen and oxygen atoms in total. The van der Waals surface area contributed by atoms with Crippen molar-refractivity contribution < 1.29 is 9.90 Å². The van der Waals surface area contributed by atoms with Crippen molar-refractivity contribution in [2.45, 2.75) is 39.7 Å². The van der Waals surface area contributed by atoms with Crippen molar-refractivity contribution in [3.05, 3.63) is 33.2 Å². The molecule has 0 saturated carbocycles. The van der Waals surface area contributed by atoms with Crippen molar-refractivity contribution in [2.24, 2.45) is 5.92 Å². The standard InChI is InChI=1S/C15H21N3O3S/c1-4-11-8-22-15-16-6-12(14(21)18(11)15)13(20)17-10(7-19)5-9(2)3/h6,8-10,19H,4-5,7H2,1-3H3,(H,17,20). The lowest BCUT2D eigenvalue weighted by Gasteiger charge is -2.18. The van der Waals surface area contributed by atoms with Crippen molar-refractivity contribution in [1.29, 1.82) is 0 Å². The number of aliphatic hydroxyl groups excluding tert-OH is 1. The molecule has 0 fully saturated rings. The van der Waals surface area contributed by atoms with E-state index in [2.05, 4.69) is 10.3 Å². The maximum Gasteiger partial charge on any atom is 0.271 e. The molecule has 0 aliphatic carbocycles. The van der Waals surface area contributed by atoms with Crippen LogP contribution in [0.5, 0.6) is 0 Å². The molecule has 0 bridgehead atoms. The third kappa shape index (κ3) is 3.36. The Bertz CT molecular complexity index is 720. The summed E-state index contributed by atoms with van der Waals surface area (Å²) in [6.07, 6.45) is 2.66. The highest BCUT2D eigenvalue weighted by Gasteiger charge is 2.19. The molecule has 22 heavy (non-hydrogen) atoms. The Morgan fingerprint density at radius 3 is 2.82 bits per heavy atom. The zero-order chi connectivity index (χ0) is 16.3. The number of hydrogen-bond acceptors (Lipinski definition) is 5. The molecule has 2 N–H and O–H groups in total. The first-order valence-corrected chi connectivity index (χ1v) is 8.25. The van der Waals surface area contributed by atoms with Gasteiger partial charge in [0.05, 0.1) is 12.6 Å². The molecule has 2 aromatic heterocycles. The average Bonchev–Trinajstić information content (AvgIpc) is 2.90. The van der Waals surface area contributed by atoms with Crippen LogP contribution in [0.4, 0.5) is 0 Å². The average molecular weight is 323 g/mol. The van der Waals surface area contributed by atoms with Crippen LogP contribution < -0.4 is 10.9 Å². The van der Waals surface area contributed by atoms with Gasteiger partial charge >= 0.3 is 0 Å². The summed E-state index contributed by atoms with van der Waals surface area (Å²) in [5.74, 6) is -0.150. The second-order valence-electron chi connectivity index (χ2n) is 5.66. The smallest absolute Gasteiger partial charge is 0.271 e. The molecule has 0 saturated heterocycles. The summed E-state index contributed by atoms with van der Waals surface area (Å²) < 4.78 is 1.48. The SMILES string of the molecule is CCc1csc2ncc(C(=O)NC(CO)CC(C)C)c(=O)n12. The van der Waals surface area contributed by atoms with Gasteiger partial charge in [-0.05, 0) is 18.8 Å². The number of rotatable bonds is 6. The number of hydrogen-bond donors (Lipinski definition) is 2. The van der Waals surface area contributed by atoms with Gasteiger partial charge in [-0.25, -0.2) is 4.98 Å². The van der Waals surface area contributed by atoms with Gasteiger partial charge in [0.25, 0.3) is 11.5 Å². The van der Waals surface area contributed by atoms with Crippen molar-refractivity contribution >= 4 is 22.2 Å². The number of thiazole rings is 1. The van der Waals surface area contributed by atoms with E-state index in [0.29, 0.717) is 23.7 Å². The molecular formula is C15H21N3O3S. The predicted octanol–water partition coefficient (Wildman–Crippen LogP) is 1.46. The molecule has 120 valence electrons. The quantitative estimate of drug-likeness (QED) is 0.843. The van der Waals surface area contributed by atoms with Crippen molar-refractivity contribution in [3.8, 4) is 0 Å². The maximum absolute atomic E-state index is 12.5. The van der Waals surface area contributed by atoms with Crippen molar-refractivity contribution in [1.82, 2.24) is 14.7 Å². The van der Waals surface area contributed by atoms with Gasteiger partial charge < -0.3 is 10.4 Å². The second kappa shape index (κ2) is 7.02. The molecule has 2 aromatic rings. The van der Waals surface area contributed by atoms with Gasteiger partial charge in [-0.2, -0.15) is 0 Å². The number of nitrogens with zero attached hydrogens (tertiary/aromatic N) is 2. The van der Waals surface area contributed by atoms with Gasteiger partial charge in [0.15, 0.2) is 4.96 Å². The summed E-state index contributed by atoms with van der Waals surface area (Å²) in [6.45, 7) is 5.82. The van der Waals surface area contributed by atoms with E-state index in [0.717, 1.165) is 5.69 Å². The molecule has 1 unspecified atom stereocenters. The van der Waals surface area contributed by atoms with E-state index in [-0.39, 0.29) is 23.8 Å². The lowest BCUT2D eigenvalue weighted by Crippen LogP contribution is -2.41. The fourth-order valence-corrected chi connectivity index (χ4v) is 3.29. The number of aliphatic hydroxyl groups is 1. The van der Waals surface area contributed by atoms with E-state index < -0.39 is 5.91 Å². The van der Waals surface area contributed by atoms with Gasteiger partial charge in [0, 0.05) is 17.3 Å². The highest BCUT2D eigenvalue weighted by atomic mass is 32.1. The van der Waals surface area contributed by atoms with Crippen LogP contribution in [0.3, 0.4) is 0 Å². The molecule has 0 aliphatic heterocycles. The second-order valence-corrected chi connectivity index (χ2v) is 6.49. The van der Waals surface area contributed by atoms with Crippen LogP contribution >= 0.6 is 11.3 Å². The first-order chi connectivity index (χ1) is 10.5. The van der Waals surface area contributed by atoms with Crippen molar-refractivity contribution in [3.63, 3.8) is 0 Å². The third-order valence-electron chi connectivity index (χ3n) is 3.43. The number of fused-ring (bicyclic) bond motifs is 1. The summed E-state index contributed by atoms with van der Waals surface area (Å²) in [5, 5.41) is 13.9. The van der Waals surface area contributed by atoms with Crippen molar-refractivity contribution in [2.75, 3.05) is 6.61 Å². The van der Waals surface area contributed by atoms with E-state index >= 15 is 0 Å². The minimum absolute atomic E-state index is 0.00723. The summed E-state index contributed by atoms with van der Waals surface area (Å²) in [6, 6.07) is -0.360. The molecule has 1 atom stereocenters. The van der Waals surface area contributed by atoms with E-state index in [9.17, 15) is 14.7 Å². The fourth-order valence-electron chi connectivity index (χ4n) is 2.36. The predicted molar refractivity (Wildman–Crippen MR) is 86.5 cm³/mol. The Balaban J connectivity index is 2.32. The Morgan fingerprint density at radius 2 is 2.23 bits per heavy atom. The first kappa shape index (κ1) is 16.6. The molecule has 0 aliphatic rings. The van der Waals surface area contributed by atoms with E-state index in [4.69, 9.17) is 0 Å². The molecule has 2 rings (SSSR count). The molecule has 2 heterocycles. The van der Waals surface area contributed by atoms with Crippen LogP contribution in [0, 0.1) is 5.92 Å². The van der Waals surface area contributed by atoms with Crippen LogP contribution in [0.25, 0.3) is 4.96 Å². The molecule has 7 heteroatoms. The number of amides is 1. The highest BCUT2D eigenvalue weighted by Crippen LogP contribution is 2.13. The van der Waals surface area contributed by atoms with Gasteiger partial charge in [-0.3, -0.25) is 14.0 Å². The fraction of sp³-hybridized carbons (Fsp3) is 0.533. The number of carbonyl (C=O) groups is 1. The summed E-state index contributed by atoms with van der Waals surface area (Å²) in [7, 11) is 0. The zero-order valence-corrected chi connectivity index (χ0v) is 13.8. The Kier molecular flexibility index (Phi) is 5.31. The number of aromatic nitrogens is 2. The topological polar surface area (TPSA) is 83.7 Å². The van der Waals surface area contributed by atoms with Crippen LogP contribution in [-0.4, -0.2) is 33.0 Å². The Hall–Kier alpha value is -1.73. The Morgan fingerprint density at radius 1 is 1.50 bits per heavy atom.